The van der Waals surface area contributed by atoms with Gasteiger partial charge in [-0.3, -0.25) is 4.79 Å². The van der Waals surface area contributed by atoms with Crippen LogP contribution in [0.25, 0.3) is 0 Å². The maximum Gasteiger partial charge on any atom is 0.247 e. The summed E-state index contributed by atoms with van der Waals surface area (Å²) in [4.78, 5) is 12.8. The molecule has 3 nitrogen and oxygen atoms in total. The fourth-order valence-corrected chi connectivity index (χ4v) is 8.37. The minimum atomic E-state index is -2.56. The summed E-state index contributed by atoms with van der Waals surface area (Å²) in [5.74, 6) is 0.00802. The van der Waals surface area contributed by atoms with Crippen LogP contribution in [0.15, 0.2) is 48.5 Å². The zero-order valence-corrected chi connectivity index (χ0v) is 19.1. The summed E-state index contributed by atoms with van der Waals surface area (Å²) >= 11 is 19.0. The molecule has 0 spiro atoms. The number of hydrogen-bond acceptors (Lipinski definition) is 5. The summed E-state index contributed by atoms with van der Waals surface area (Å²) in [5, 5.41) is 1.04. The molecule has 0 aliphatic heterocycles. The molecule has 0 heterocycles. The largest absolute Gasteiger partial charge is 0.322 e. The predicted octanol–water partition coefficient (Wildman–Crippen LogP) is 7.34. The monoisotopic (exact) mass is 462 g/mol. The van der Waals surface area contributed by atoms with E-state index in [2.05, 4.69) is 0 Å². The van der Waals surface area contributed by atoms with Crippen molar-refractivity contribution in [1.29, 1.82) is 0 Å². The van der Waals surface area contributed by atoms with Crippen molar-refractivity contribution >= 4 is 57.9 Å². The molecule has 0 saturated carbocycles. The van der Waals surface area contributed by atoms with Gasteiger partial charge in [0.2, 0.25) is 5.69 Å². The van der Waals surface area contributed by atoms with Crippen LogP contribution in [0.1, 0.15) is 41.4 Å². The zero-order valence-electron chi connectivity index (χ0n) is 15.1. The van der Waals surface area contributed by atoms with Crippen LogP contribution in [-0.4, -0.2) is 19.0 Å². The third-order valence-corrected chi connectivity index (χ3v) is 9.79. The van der Waals surface area contributed by atoms with Crippen LogP contribution in [-0.2, 0) is 20.9 Å². The van der Waals surface area contributed by atoms with E-state index in [0.717, 1.165) is 5.56 Å². The van der Waals surface area contributed by atoms with E-state index >= 15 is 0 Å². The van der Waals surface area contributed by atoms with E-state index in [4.69, 9.17) is 44.1 Å². The lowest BCUT2D eigenvalue weighted by atomic mass is 10.0. The Labute approximate surface area is 179 Å². The Hall–Kier alpha value is -0.390. The lowest BCUT2D eigenvalue weighted by Gasteiger charge is -2.25. The Morgan fingerprint density at radius 2 is 1.48 bits per heavy atom. The molecule has 0 bridgehead atoms. The first-order valence-electron chi connectivity index (χ1n) is 8.48. The third-order valence-electron chi connectivity index (χ3n) is 3.61. The summed E-state index contributed by atoms with van der Waals surface area (Å²) in [7, 11) is 0. The molecule has 0 amide bonds. The molecule has 0 aliphatic carbocycles. The quantitative estimate of drug-likeness (QED) is 0.272. The highest BCUT2D eigenvalue weighted by atomic mass is 35.5. The van der Waals surface area contributed by atoms with Crippen LogP contribution in [0.4, 0.5) is 0 Å². The summed E-state index contributed by atoms with van der Waals surface area (Å²) < 4.78 is 11.5. The van der Waals surface area contributed by atoms with Gasteiger partial charge < -0.3 is 9.05 Å². The van der Waals surface area contributed by atoms with Crippen molar-refractivity contribution in [3.63, 3.8) is 0 Å². The van der Waals surface area contributed by atoms with Crippen molar-refractivity contribution < 1.29 is 13.8 Å². The van der Waals surface area contributed by atoms with Crippen LogP contribution >= 0.6 is 40.3 Å². The standard InChI is InChI=1S/C19H21Cl2O3PS2/c1-3-23-25(26,24-4-2)27-19(15-7-11-17(21)12-8-15)13-18(22)14-5-9-16(20)10-6-14/h5-12,19H,3-4,13H2,1-2H3. The summed E-state index contributed by atoms with van der Waals surface area (Å²) in [6.07, 6.45) is 0.270. The highest BCUT2D eigenvalue weighted by Crippen LogP contribution is 2.66. The molecule has 146 valence electrons. The first kappa shape index (κ1) is 22.9. The zero-order chi connectivity index (χ0) is 19.9. The topological polar surface area (TPSA) is 35.5 Å². The summed E-state index contributed by atoms with van der Waals surface area (Å²) in [5.41, 5.74) is -0.995. The third kappa shape index (κ3) is 7.17. The molecule has 2 aromatic carbocycles. The highest BCUT2D eigenvalue weighted by Gasteiger charge is 2.28. The van der Waals surface area contributed by atoms with Crippen LogP contribution in [0.3, 0.4) is 0 Å². The second-order valence-electron chi connectivity index (χ2n) is 5.56. The van der Waals surface area contributed by atoms with E-state index in [1.165, 1.54) is 11.4 Å². The van der Waals surface area contributed by atoms with Gasteiger partial charge in [-0.15, -0.1) is 0 Å². The molecule has 0 N–H and O–H groups in total. The van der Waals surface area contributed by atoms with Crippen LogP contribution in [0.2, 0.25) is 10.0 Å². The van der Waals surface area contributed by atoms with Gasteiger partial charge in [-0.25, -0.2) is 0 Å². The number of halogens is 2. The van der Waals surface area contributed by atoms with Crippen LogP contribution in [0.5, 0.6) is 0 Å². The number of benzene rings is 2. The first-order chi connectivity index (χ1) is 12.9. The number of hydrogen-bond donors (Lipinski definition) is 0. The van der Waals surface area contributed by atoms with Gasteiger partial charge in [0.25, 0.3) is 0 Å². The summed E-state index contributed by atoms with van der Waals surface area (Å²) in [6, 6.07) is 14.3. The van der Waals surface area contributed by atoms with Crippen molar-refractivity contribution in [2.75, 3.05) is 13.2 Å². The lowest BCUT2D eigenvalue weighted by molar-refractivity contribution is 0.0982. The van der Waals surface area contributed by atoms with E-state index in [9.17, 15) is 4.79 Å². The summed E-state index contributed by atoms with van der Waals surface area (Å²) in [6.45, 7) is 4.69. The van der Waals surface area contributed by atoms with Gasteiger partial charge >= 0.3 is 0 Å². The van der Waals surface area contributed by atoms with E-state index < -0.39 is 5.69 Å². The smallest absolute Gasteiger partial charge is 0.247 e. The molecule has 0 fully saturated rings. The second-order valence-corrected chi connectivity index (χ2v) is 12.8. The molecule has 27 heavy (non-hydrogen) atoms. The number of Topliss-reactive ketones (excluding diaryl/α,β-unsaturated/α-hetero) is 1. The fraction of sp³-hybridized carbons (Fsp3) is 0.316. The molecule has 1 unspecified atom stereocenters. The Kier molecular flexibility index (Phi) is 9.30. The minimum Gasteiger partial charge on any atom is -0.322 e. The minimum absolute atomic E-state index is 0.00802. The molecule has 0 saturated heterocycles. The second kappa shape index (κ2) is 11.0. The molecule has 2 aromatic rings. The maximum absolute atomic E-state index is 12.8. The van der Waals surface area contributed by atoms with Crippen LogP contribution < -0.4 is 0 Å². The number of rotatable bonds is 10. The maximum atomic E-state index is 12.8. The Morgan fingerprint density at radius 3 is 1.96 bits per heavy atom. The van der Waals surface area contributed by atoms with E-state index in [-0.39, 0.29) is 17.5 Å². The van der Waals surface area contributed by atoms with Crippen molar-refractivity contribution in [1.82, 2.24) is 0 Å². The first-order valence-corrected chi connectivity index (χ1v) is 13.4. The molecule has 2 rings (SSSR count). The van der Waals surface area contributed by atoms with E-state index in [0.29, 0.717) is 28.8 Å². The van der Waals surface area contributed by atoms with Gasteiger partial charge in [-0.2, -0.15) is 0 Å². The van der Waals surface area contributed by atoms with Crippen molar-refractivity contribution in [2.45, 2.75) is 25.5 Å². The number of carbonyl (C=O) groups excluding carboxylic acids is 1. The van der Waals surface area contributed by atoms with Gasteiger partial charge in [0, 0.05) is 27.3 Å². The fourth-order valence-electron chi connectivity index (χ4n) is 2.39. The van der Waals surface area contributed by atoms with Gasteiger partial charge in [0.05, 0.1) is 13.2 Å². The number of carbonyl (C=O) groups is 1. The van der Waals surface area contributed by atoms with Crippen LogP contribution in [0, 0.1) is 0 Å². The predicted molar refractivity (Wildman–Crippen MR) is 120 cm³/mol. The molecule has 1 atom stereocenters. The van der Waals surface area contributed by atoms with Crippen molar-refractivity contribution in [2.24, 2.45) is 0 Å². The van der Waals surface area contributed by atoms with E-state index in [1.807, 2.05) is 38.1 Å². The van der Waals surface area contributed by atoms with E-state index in [1.54, 1.807) is 24.3 Å². The molecule has 0 aliphatic rings. The molecule has 8 heteroatoms. The molecule has 0 aromatic heterocycles. The van der Waals surface area contributed by atoms with Gasteiger partial charge in [-0.05, 0) is 67.6 Å². The molecular formula is C19H21Cl2O3PS2. The SMILES string of the molecule is CCOP(=S)(OCC)SC(CC(=O)c1ccc(Cl)cc1)c1ccc(Cl)cc1. The van der Waals surface area contributed by atoms with Crippen molar-refractivity contribution in [3.05, 3.63) is 69.7 Å². The Balaban J connectivity index is 2.28. The average molecular weight is 463 g/mol. The highest BCUT2D eigenvalue weighted by molar-refractivity contribution is 8.68. The van der Waals surface area contributed by atoms with Gasteiger partial charge in [-0.1, -0.05) is 46.7 Å². The van der Waals surface area contributed by atoms with Crippen molar-refractivity contribution in [3.8, 4) is 0 Å². The lowest BCUT2D eigenvalue weighted by Crippen LogP contribution is -2.06. The number of ketones is 1. The molecular weight excluding hydrogens is 442 g/mol. The Bertz CT molecular complexity index is 788. The van der Waals surface area contributed by atoms with Gasteiger partial charge in [0.15, 0.2) is 5.78 Å². The molecule has 0 radical (unpaired) electrons. The average Bonchev–Trinajstić information content (AvgIpc) is 2.62. The Morgan fingerprint density at radius 1 is 1.00 bits per heavy atom. The normalized spacial score (nSPS) is 12.7. The van der Waals surface area contributed by atoms with Gasteiger partial charge in [0.1, 0.15) is 0 Å².